The van der Waals surface area contributed by atoms with Gasteiger partial charge >= 0.3 is 0 Å². The molecule has 3 rings (SSSR count). The molecule has 1 aliphatic heterocycles. The number of hydrogen-bond donors (Lipinski definition) is 1. The van der Waals surface area contributed by atoms with Gasteiger partial charge in [0.25, 0.3) is 11.7 Å². The molecule has 1 unspecified atom stereocenters. The molecule has 1 atom stereocenters. The number of aliphatic hydroxyl groups is 1. The van der Waals surface area contributed by atoms with Gasteiger partial charge in [-0.25, -0.2) is 0 Å². The molecule has 7 heteroatoms. The van der Waals surface area contributed by atoms with Gasteiger partial charge in [0.2, 0.25) is 0 Å². The van der Waals surface area contributed by atoms with Gasteiger partial charge in [0, 0.05) is 11.6 Å². The second-order valence-electron chi connectivity index (χ2n) is 6.61. The van der Waals surface area contributed by atoms with Crippen molar-refractivity contribution < 1.29 is 24.2 Å². The number of amides is 1. The van der Waals surface area contributed by atoms with Gasteiger partial charge in [-0.15, -0.1) is 0 Å². The van der Waals surface area contributed by atoms with Gasteiger partial charge in [0.15, 0.2) is 0 Å². The third kappa shape index (κ3) is 3.80. The minimum atomic E-state index is -0.745. The second-order valence-corrected chi connectivity index (χ2v) is 7.05. The summed E-state index contributed by atoms with van der Waals surface area (Å²) < 4.78 is 10.6. The van der Waals surface area contributed by atoms with Gasteiger partial charge < -0.3 is 19.5 Å². The topological polar surface area (TPSA) is 76.1 Å². The average Bonchev–Trinajstić information content (AvgIpc) is 2.98. The van der Waals surface area contributed by atoms with E-state index in [1.54, 1.807) is 43.5 Å². The second kappa shape index (κ2) is 8.57. The highest BCUT2D eigenvalue weighted by molar-refractivity contribution is 6.46. The molecule has 1 saturated heterocycles. The first-order chi connectivity index (χ1) is 13.9. The predicted molar refractivity (Wildman–Crippen MR) is 110 cm³/mol. The van der Waals surface area contributed by atoms with Crippen molar-refractivity contribution in [2.45, 2.75) is 19.4 Å². The molecule has 0 radical (unpaired) electrons. The van der Waals surface area contributed by atoms with Crippen LogP contribution < -0.4 is 9.47 Å². The Kier molecular flexibility index (Phi) is 6.13. The smallest absolute Gasteiger partial charge is 0.295 e. The van der Waals surface area contributed by atoms with E-state index in [0.29, 0.717) is 35.1 Å². The van der Waals surface area contributed by atoms with Gasteiger partial charge in [-0.05, 0) is 42.3 Å². The number of likely N-dealkylation sites (tertiary alicyclic amines) is 1. The summed E-state index contributed by atoms with van der Waals surface area (Å²) in [6, 6.07) is 11.1. The van der Waals surface area contributed by atoms with Gasteiger partial charge in [-0.1, -0.05) is 30.7 Å². The van der Waals surface area contributed by atoms with Crippen molar-refractivity contribution in [3.05, 3.63) is 64.2 Å². The zero-order valence-electron chi connectivity index (χ0n) is 16.4. The summed E-state index contributed by atoms with van der Waals surface area (Å²) in [6.45, 7) is 2.29. The number of carbonyl (C=O) groups is 2. The number of methoxy groups -OCH3 is 2. The van der Waals surface area contributed by atoms with E-state index in [9.17, 15) is 14.7 Å². The van der Waals surface area contributed by atoms with Crippen molar-refractivity contribution >= 4 is 29.1 Å². The summed E-state index contributed by atoms with van der Waals surface area (Å²) in [6.07, 6.45) is 0.661. The SMILES string of the molecule is CCCN1C(=O)C(=O)/C(=C(/O)c2cc(Cl)ccc2OC)C1c1cccc(OC)c1. The molecule has 2 aromatic rings. The highest BCUT2D eigenvalue weighted by Crippen LogP contribution is 2.42. The predicted octanol–water partition coefficient (Wildman–Crippen LogP) is 4.19. The Balaban J connectivity index is 2.25. The van der Waals surface area contributed by atoms with E-state index < -0.39 is 17.7 Å². The Hall–Kier alpha value is -2.99. The lowest BCUT2D eigenvalue weighted by Crippen LogP contribution is -2.30. The quantitative estimate of drug-likeness (QED) is 0.435. The molecule has 1 amide bonds. The number of rotatable bonds is 6. The Bertz CT molecular complexity index is 985. The van der Waals surface area contributed by atoms with Crippen molar-refractivity contribution in [2.24, 2.45) is 0 Å². The van der Waals surface area contributed by atoms with Gasteiger partial charge in [0.1, 0.15) is 17.3 Å². The van der Waals surface area contributed by atoms with E-state index in [0.717, 1.165) is 0 Å². The normalized spacial score (nSPS) is 18.2. The number of carbonyl (C=O) groups excluding carboxylic acids is 2. The summed E-state index contributed by atoms with van der Waals surface area (Å²) in [5.74, 6) is -0.787. The Morgan fingerprint density at radius 1 is 1.14 bits per heavy atom. The maximum Gasteiger partial charge on any atom is 0.295 e. The minimum absolute atomic E-state index is 0.00253. The first kappa shape index (κ1) is 20.7. The third-order valence-corrected chi connectivity index (χ3v) is 5.07. The van der Waals surface area contributed by atoms with E-state index in [2.05, 4.69) is 0 Å². The molecule has 152 valence electrons. The highest BCUT2D eigenvalue weighted by Gasteiger charge is 2.46. The van der Waals surface area contributed by atoms with Gasteiger partial charge in [0.05, 0.1) is 31.4 Å². The lowest BCUT2D eigenvalue weighted by Gasteiger charge is -2.25. The molecule has 1 heterocycles. The van der Waals surface area contributed by atoms with Gasteiger partial charge in [-0.3, -0.25) is 9.59 Å². The van der Waals surface area contributed by atoms with E-state index in [1.165, 1.54) is 18.1 Å². The number of Topliss-reactive ketones (excluding diaryl/α,β-unsaturated/α-hetero) is 1. The number of halogens is 1. The monoisotopic (exact) mass is 415 g/mol. The van der Waals surface area contributed by atoms with Gasteiger partial charge in [-0.2, -0.15) is 0 Å². The van der Waals surface area contributed by atoms with Crippen molar-refractivity contribution in [2.75, 3.05) is 20.8 Å². The van der Waals surface area contributed by atoms with E-state index in [1.807, 2.05) is 6.92 Å². The minimum Gasteiger partial charge on any atom is -0.507 e. The van der Waals surface area contributed by atoms with E-state index in [4.69, 9.17) is 21.1 Å². The molecule has 0 aliphatic carbocycles. The summed E-state index contributed by atoms with van der Waals surface area (Å²) in [5, 5.41) is 11.5. The maximum atomic E-state index is 12.9. The molecule has 0 aromatic heterocycles. The fourth-order valence-corrected chi connectivity index (χ4v) is 3.69. The van der Waals surface area contributed by atoms with Crippen LogP contribution >= 0.6 is 11.6 Å². The van der Waals surface area contributed by atoms with Crippen LogP contribution in [0.2, 0.25) is 5.02 Å². The molecule has 1 fully saturated rings. The number of aliphatic hydroxyl groups excluding tert-OH is 1. The third-order valence-electron chi connectivity index (χ3n) is 4.83. The summed E-state index contributed by atoms with van der Waals surface area (Å²) in [5.41, 5.74) is 0.916. The lowest BCUT2D eigenvalue weighted by molar-refractivity contribution is -0.139. The summed E-state index contributed by atoms with van der Waals surface area (Å²) in [4.78, 5) is 27.1. The number of nitrogens with zero attached hydrogens (tertiary/aromatic N) is 1. The van der Waals surface area contributed by atoms with Crippen LogP contribution in [0.15, 0.2) is 48.0 Å². The van der Waals surface area contributed by atoms with Crippen LogP contribution in [0.1, 0.15) is 30.5 Å². The molecular weight excluding hydrogens is 394 g/mol. The Morgan fingerprint density at radius 2 is 1.90 bits per heavy atom. The number of hydrogen-bond acceptors (Lipinski definition) is 5. The van der Waals surface area contributed by atoms with Crippen molar-refractivity contribution in [1.82, 2.24) is 4.90 Å². The fraction of sp³-hybridized carbons (Fsp3) is 0.273. The zero-order chi connectivity index (χ0) is 21.1. The molecular formula is C22H22ClNO5. The van der Waals surface area contributed by atoms with Crippen LogP contribution in [0.4, 0.5) is 0 Å². The first-order valence-electron chi connectivity index (χ1n) is 9.19. The van der Waals surface area contributed by atoms with Crippen molar-refractivity contribution in [3.8, 4) is 11.5 Å². The van der Waals surface area contributed by atoms with Crippen LogP contribution in [0.3, 0.4) is 0 Å². The maximum absolute atomic E-state index is 12.9. The van der Waals surface area contributed by atoms with Crippen LogP contribution in [-0.2, 0) is 9.59 Å². The molecule has 6 nitrogen and oxygen atoms in total. The Morgan fingerprint density at radius 3 is 2.55 bits per heavy atom. The largest absolute Gasteiger partial charge is 0.507 e. The average molecular weight is 416 g/mol. The molecule has 2 aromatic carbocycles. The van der Waals surface area contributed by atoms with Crippen LogP contribution in [0.25, 0.3) is 5.76 Å². The molecule has 1 aliphatic rings. The van der Waals surface area contributed by atoms with Crippen LogP contribution in [0.5, 0.6) is 11.5 Å². The lowest BCUT2D eigenvalue weighted by atomic mass is 9.95. The highest BCUT2D eigenvalue weighted by atomic mass is 35.5. The number of ether oxygens (including phenoxy) is 2. The van der Waals surface area contributed by atoms with Crippen molar-refractivity contribution in [1.29, 1.82) is 0 Å². The number of ketones is 1. The van der Waals surface area contributed by atoms with Crippen LogP contribution in [-0.4, -0.2) is 42.5 Å². The summed E-state index contributed by atoms with van der Waals surface area (Å²) in [7, 11) is 2.99. The molecule has 0 bridgehead atoms. The number of benzene rings is 2. The Labute approximate surface area is 174 Å². The van der Waals surface area contributed by atoms with Crippen LogP contribution in [0, 0.1) is 0 Å². The van der Waals surface area contributed by atoms with E-state index in [-0.39, 0.29) is 16.9 Å². The molecule has 0 saturated carbocycles. The van der Waals surface area contributed by atoms with Crippen molar-refractivity contribution in [3.63, 3.8) is 0 Å². The molecule has 29 heavy (non-hydrogen) atoms. The summed E-state index contributed by atoms with van der Waals surface area (Å²) >= 11 is 6.09. The van der Waals surface area contributed by atoms with E-state index >= 15 is 0 Å². The first-order valence-corrected chi connectivity index (χ1v) is 9.57. The standard InChI is InChI=1S/C22H22ClNO5/c1-4-10-24-19(13-6-5-7-15(11-13)28-2)18(21(26)22(24)27)20(25)16-12-14(23)8-9-17(16)29-3/h5-9,11-12,19,25H,4,10H2,1-3H3/b20-18+. The fourth-order valence-electron chi connectivity index (χ4n) is 3.52. The molecule has 1 N–H and O–H groups in total. The zero-order valence-corrected chi connectivity index (χ0v) is 17.2. The molecule has 0 spiro atoms.